The van der Waals surface area contributed by atoms with E-state index >= 15 is 0 Å². The van der Waals surface area contributed by atoms with E-state index in [4.69, 9.17) is 0 Å². The lowest BCUT2D eigenvalue weighted by Gasteiger charge is -2.15. The van der Waals surface area contributed by atoms with Crippen molar-refractivity contribution in [2.24, 2.45) is 0 Å². The summed E-state index contributed by atoms with van der Waals surface area (Å²) in [6.07, 6.45) is 2.15. The van der Waals surface area contributed by atoms with Gasteiger partial charge in [0.2, 0.25) is 11.8 Å². The quantitative estimate of drug-likeness (QED) is 0.885. The second-order valence-electron chi connectivity index (χ2n) is 4.67. The second kappa shape index (κ2) is 6.31. The van der Waals surface area contributed by atoms with Gasteiger partial charge in [-0.2, -0.15) is 0 Å². The monoisotopic (exact) mass is 264 g/mol. The van der Waals surface area contributed by atoms with E-state index < -0.39 is 0 Å². The number of hydrogen-bond acceptors (Lipinski definition) is 2. The van der Waals surface area contributed by atoms with Crippen LogP contribution in [0.1, 0.15) is 18.4 Å². The Kier molecular flexibility index (Phi) is 4.49. The molecule has 0 unspecified atom stereocenters. The summed E-state index contributed by atoms with van der Waals surface area (Å²) in [5.74, 6) is -0.679. The van der Waals surface area contributed by atoms with Gasteiger partial charge in [0.15, 0.2) is 0 Å². The van der Waals surface area contributed by atoms with Crippen LogP contribution in [-0.2, 0) is 16.0 Å². The maximum atomic E-state index is 12.9. The van der Waals surface area contributed by atoms with Crippen LogP contribution in [0.2, 0.25) is 0 Å². The molecule has 5 heteroatoms. The first-order chi connectivity index (χ1) is 9.15. The van der Waals surface area contributed by atoms with Gasteiger partial charge >= 0.3 is 0 Å². The van der Waals surface area contributed by atoms with Gasteiger partial charge in [0.1, 0.15) is 5.82 Å². The SMILES string of the molecule is O=C(Cc1cccc(F)c1)NCC(=O)N1CCCC1. The maximum Gasteiger partial charge on any atom is 0.241 e. The van der Waals surface area contributed by atoms with Crippen LogP contribution in [0.3, 0.4) is 0 Å². The first-order valence-corrected chi connectivity index (χ1v) is 6.44. The van der Waals surface area contributed by atoms with Crippen molar-refractivity contribution in [1.82, 2.24) is 10.2 Å². The summed E-state index contributed by atoms with van der Waals surface area (Å²) < 4.78 is 12.9. The van der Waals surface area contributed by atoms with Crippen LogP contribution in [0.15, 0.2) is 24.3 Å². The molecule has 1 heterocycles. The van der Waals surface area contributed by atoms with Crippen molar-refractivity contribution in [2.45, 2.75) is 19.3 Å². The molecule has 0 radical (unpaired) electrons. The van der Waals surface area contributed by atoms with Crippen molar-refractivity contribution in [1.29, 1.82) is 0 Å². The van der Waals surface area contributed by atoms with Gasteiger partial charge in [0.25, 0.3) is 0 Å². The number of hydrogen-bond donors (Lipinski definition) is 1. The predicted molar refractivity (Wildman–Crippen MR) is 68.9 cm³/mol. The molecule has 0 bridgehead atoms. The van der Waals surface area contributed by atoms with Crippen molar-refractivity contribution in [3.8, 4) is 0 Å². The summed E-state index contributed by atoms with van der Waals surface area (Å²) in [6.45, 7) is 1.57. The number of carbonyl (C=O) groups excluding carboxylic acids is 2. The highest BCUT2D eigenvalue weighted by Gasteiger charge is 2.18. The Morgan fingerprint density at radius 3 is 2.68 bits per heavy atom. The van der Waals surface area contributed by atoms with Crippen LogP contribution < -0.4 is 5.32 Å². The molecule has 2 amide bonds. The minimum absolute atomic E-state index is 0.0220. The first-order valence-electron chi connectivity index (χ1n) is 6.44. The molecule has 0 aliphatic carbocycles. The van der Waals surface area contributed by atoms with Crippen molar-refractivity contribution >= 4 is 11.8 Å². The molecular weight excluding hydrogens is 247 g/mol. The van der Waals surface area contributed by atoms with Crippen LogP contribution in [0.25, 0.3) is 0 Å². The van der Waals surface area contributed by atoms with Crippen LogP contribution in [0.4, 0.5) is 4.39 Å². The van der Waals surface area contributed by atoms with Crippen LogP contribution >= 0.6 is 0 Å². The molecule has 4 nitrogen and oxygen atoms in total. The van der Waals surface area contributed by atoms with Crippen LogP contribution in [-0.4, -0.2) is 36.3 Å². The fourth-order valence-electron chi connectivity index (χ4n) is 2.15. The summed E-state index contributed by atoms with van der Waals surface area (Å²) in [5.41, 5.74) is 0.603. The van der Waals surface area contributed by atoms with E-state index in [1.165, 1.54) is 12.1 Å². The number of nitrogens with zero attached hydrogens (tertiary/aromatic N) is 1. The molecule has 0 aromatic heterocycles. The third-order valence-electron chi connectivity index (χ3n) is 3.15. The Morgan fingerprint density at radius 1 is 1.26 bits per heavy atom. The molecule has 0 saturated carbocycles. The number of halogens is 1. The number of benzene rings is 1. The van der Waals surface area contributed by atoms with Gasteiger partial charge in [0.05, 0.1) is 13.0 Å². The summed E-state index contributed by atoms with van der Waals surface area (Å²) in [6, 6.07) is 5.90. The molecular formula is C14H17FN2O2. The minimum Gasteiger partial charge on any atom is -0.347 e. The van der Waals surface area contributed by atoms with E-state index in [0.717, 1.165) is 25.9 Å². The van der Waals surface area contributed by atoms with Crippen molar-refractivity contribution in [3.63, 3.8) is 0 Å². The highest BCUT2D eigenvalue weighted by Crippen LogP contribution is 2.07. The van der Waals surface area contributed by atoms with E-state index in [1.807, 2.05) is 0 Å². The molecule has 19 heavy (non-hydrogen) atoms. The minimum atomic E-state index is -0.363. The average molecular weight is 264 g/mol. The van der Waals surface area contributed by atoms with Gasteiger partial charge in [-0.25, -0.2) is 4.39 Å². The van der Waals surface area contributed by atoms with Gasteiger partial charge in [-0.1, -0.05) is 12.1 Å². The van der Waals surface area contributed by atoms with Gasteiger partial charge in [0, 0.05) is 13.1 Å². The summed E-state index contributed by atoms with van der Waals surface area (Å²) in [4.78, 5) is 25.1. The van der Waals surface area contributed by atoms with E-state index in [9.17, 15) is 14.0 Å². The number of carbonyl (C=O) groups is 2. The summed E-state index contributed by atoms with van der Waals surface area (Å²) in [5, 5.41) is 2.57. The molecule has 1 aromatic carbocycles. The van der Waals surface area contributed by atoms with Gasteiger partial charge in [-0.05, 0) is 30.5 Å². The summed E-state index contributed by atoms with van der Waals surface area (Å²) >= 11 is 0. The third kappa shape index (κ3) is 4.05. The zero-order chi connectivity index (χ0) is 13.7. The van der Waals surface area contributed by atoms with Crippen molar-refractivity contribution in [2.75, 3.05) is 19.6 Å². The maximum absolute atomic E-state index is 12.9. The number of amides is 2. The van der Waals surface area contributed by atoms with Crippen LogP contribution in [0, 0.1) is 5.82 Å². The number of nitrogens with one attached hydrogen (secondary N) is 1. The Balaban J connectivity index is 1.76. The van der Waals surface area contributed by atoms with Crippen LogP contribution in [0.5, 0.6) is 0 Å². The molecule has 1 aliphatic rings. The lowest BCUT2D eigenvalue weighted by molar-refractivity contribution is -0.131. The van der Waals surface area contributed by atoms with Gasteiger partial charge in [-0.15, -0.1) is 0 Å². The van der Waals surface area contributed by atoms with E-state index in [-0.39, 0.29) is 30.6 Å². The van der Waals surface area contributed by atoms with Gasteiger partial charge in [-0.3, -0.25) is 9.59 Å². The predicted octanol–water partition coefficient (Wildman–Crippen LogP) is 1.11. The first kappa shape index (κ1) is 13.5. The highest BCUT2D eigenvalue weighted by molar-refractivity contribution is 5.85. The lowest BCUT2D eigenvalue weighted by Crippen LogP contribution is -2.39. The lowest BCUT2D eigenvalue weighted by atomic mass is 10.1. The molecule has 1 N–H and O–H groups in total. The smallest absolute Gasteiger partial charge is 0.241 e. The number of rotatable bonds is 4. The molecule has 1 aromatic rings. The van der Waals surface area contributed by atoms with Crippen molar-refractivity contribution in [3.05, 3.63) is 35.6 Å². The van der Waals surface area contributed by atoms with E-state index in [2.05, 4.69) is 5.32 Å². The summed E-state index contributed by atoms with van der Waals surface area (Å²) in [7, 11) is 0. The highest BCUT2D eigenvalue weighted by atomic mass is 19.1. The molecule has 0 spiro atoms. The second-order valence-corrected chi connectivity index (χ2v) is 4.67. The standard InChI is InChI=1S/C14H17FN2O2/c15-12-5-3-4-11(8-12)9-13(18)16-10-14(19)17-6-1-2-7-17/h3-5,8H,1-2,6-7,9-10H2,(H,16,18). The third-order valence-corrected chi connectivity index (χ3v) is 3.15. The number of likely N-dealkylation sites (tertiary alicyclic amines) is 1. The Labute approximate surface area is 111 Å². The Hall–Kier alpha value is -1.91. The normalized spacial score (nSPS) is 14.5. The van der Waals surface area contributed by atoms with Crippen molar-refractivity contribution < 1.29 is 14.0 Å². The fraction of sp³-hybridized carbons (Fsp3) is 0.429. The molecule has 1 aliphatic heterocycles. The van der Waals surface area contributed by atoms with E-state index in [1.54, 1.807) is 17.0 Å². The molecule has 102 valence electrons. The molecule has 1 fully saturated rings. The topological polar surface area (TPSA) is 49.4 Å². The molecule has 0 atom stereocenters. The van der Waals surface area contributed by atoms with Gasteiger partial charge < -0.3 is 10.2 Å². The largest absolute Gasteiger partial charge is 0.347 e. The van der Waals surface area contributed by atoms with E-state index in [0.29, 0.717) is 5.56 Å². The Morgan fingerprint density at radius 2 is 2.00 bits per heavy atom. The Bertz CT molecular complexity index is 470. The average Bonchev–Trinajstić information content (AvgIpc) is 2.90. The molecule has 2 rings (SSSR count). The zero-order valence-corrected chi connectivity index (χ0v) is 10.7. The zero-order valence-electron chi connectivity index (χ0n) is 10.7. The fourth-order valence-corrected chi connectivity index (χ4v) is 2.15. The molecule has 1 saturated heterocycles.